The summed E-state index contributed by atoms with van der Waals surface area (Å²) in [7, 11) is 0. The summed E-state index contributed by atoms with van der Waals surface area (Å²) in [5, 5.41) is 8.73. The molecule has 0 unspecified atom stereocenters. The van der Waals surface area contributed by atoms with Crippen LogP contribution in [0, 0.1) is 18.3 Å². The lowest BCUT2D eigenvalue weighted by Crippen LogP contribution is -2.05. The van der Waals surface area contributed by atoms with Crippen molar-refractivity contribution in [2.45, 2.75) is 19.9 Å². The third kappa shape index (κ3) is 1.86. The molecule has 1 aromatic heterocycles. The van der Waals surface area contributed by atoms with Gasteiger partial charge in [-0.2, -0.15) is 5.26 Å². The fourth-order valence-corrected chi connectivity index (χ4v) is 1.19. The zero-order chi connectivity index (χ0) is 10.7. The summed E-state index contributed by atoms with van der Waals surface area (Å²) in [5.74, 6) is 0. The Morgan fingerprint density at radius 1 is 1.64 bits per heavy atom. The van der Waals surface area contributed by atoms with Gasteiger partial charge in [-0.15, -0.1) is 0 Å². The van der Waals surface area contributed by atoms with Gasteiger partial charge in [-0.05, 0) is 18.6 Å². The molecule has 0 aromatic carbocycles. The van der Waals surface area contributed by atoms with Crippen LogP contribution in [-0.2, 0) is 6.54 Å². The minimum Gasteiger partial charge on any atom is -0.326 e. The van der Waals surface area contributed by atoms with E-state index >= 15 is 0 Å². The van der Waals surface area contributed by atoms with E-state index < -0.39 is 6.43 Å². The van der Waals surface area contributed by atoms with Crippen LogP contribution >= 0.6 is 0 Å². The normalized spacial score (nSPS) is 10.3. The first-order valence-corrected chi connectivity index (χ1v) is 3.99. The Balaban J connectivity index is 3.33. The fourth-order valence-electron chi connectivity index (χ4n) is 1.19. The van der Waals surface area contributed by atoms with Crippen LogP contribution in [0.1, 0.15) is 28.9 Å². The van der Waals surface area contributed by atoms with Gasteiger partial charge in [-0.3, -0.25) is 4.98 Å². The minimum absolute atomic E-state index is 0.0615. The van der Waals surface area contributed by atoms with E-state index in [-0.39, 0.29) is 17.8 Å². The Morgan fingerprint density at radius 3 is 2.71 bits per heavy atom. The molecule has 0 spiro atoms. The first-order valence-electron chi connectivity index (χ1n) is 3.99. The molecular weight excluding hydrogens is 188 g/mol. The van der Waals surface area contributed by atoms with Crippen molar-refractivity contribution >= 4 is 0 Å². The molecule has 2 N–H and O–H groups in total. The number of rotatable bonds is 2. The monoisotopic (exact) mass is 197 g/mol. The van der Waals surface area contributed by atoms with Gasteiger partial charge in [0.1, 0.15) is 11.8 Å². The fraction of sp³-hybridized carbons (Fsp3) is 0.333. The number of pyridine rings is 1. The smallest absolute Gasteiger partial charge is 0.280 e. The number of aromatic nitrogens is 1. The molecule has 0 saturated heterocycles. The van der Waals surface area contributed by atoms with Crippen molar-refractivity contribution in [1.29, 1.82) is 5.26 Å². The Bertz CT molecular complexity index is 382. The Hall–Kier alpha value is -1.54. The number of nitrogens with zero attached hydrogens (tertiary/aromatic N) is 2. The lowest BCUT2D eigenvalue weighted by Gasteiger charge is -2.07. The molecule has 1 rings (SSSR count). The highest BCUT2D eigenvalue weighted by molar-refractivity contribution is 5.41. The van der Waals surface area contributed by atoms with Gasteiger partial charge >= 0.3 is 0 Å². The summed E-state index contributed by atoms with van der Waals surface area (Å²) in [4.78, 5) is 3.62. The van der Waals surface area contributed by atoms with E-state index in [0.29, 0.717) is 11.3 Å². The number of hydrogen-bond acceptors (Lipinski definition) is 3. The number of nitriles is 1. The zero-order valence-electron chi connectivity index (χ0n) is 7.59. The standard InChI is InChI=1S/C9H9F2N3/c1-5-7(4-13)6(3-12)2-8(14-5)9(10)11/h2,9H,3,12H2,1H3. The predicted molar refractivity (Wildman–Crippen MR) is 46.5 cm³/mol. The maximum absolute atomic E-state index is 12.3. The van der Waals surface area contributed by atoms with Crippen molar-refractivity contribution in [2.24, 2.45) is 5.73 Å². The maximum Gasteiger partial charge on any atom is 0.280 e. The Labute approximate surface area is 80.2 Å². The van der Waals surface area contributed by atoms with Gasteiger partial charge in [0.15, 0.2) is 0 Å². The summed E-state index contributed by atoms with van der Waals surface area (Å²) >= 11 is 0. The largest absolute Gasteiger partial charge is 0.326 e. The Morgan fingerprint density at radius 2 is 2.29 bits per heavy atom. The SMILES string of the molecule is Cc1nc(C(F)F)cc(CN)c1C#N. The molecule has 0 aliphatic carbocycles. The van der Waals surface area contributed by atoms with E-state index in [1.807, 2.05) is 6.07 Å². The van der Waals surface area contributed by atoms with E-state index in [4.69, 9.17) is 11.0 Å². The van der Waals surface area contributed by atoms with Crippen LogP contribution in [-0.4, -0.2) is 4.98 Å². The number of alkyl halides is 2. The summed E-state index contributed by atoms with van der Waals surface area (Å²) in [6, 6.07) is 3.07. The van der Waals surface area contributed by atoms with Gasteiger partial charge in [0.2, 0.25) is 0 Å². The van der Waals surface area contributed by atoms with Crippen molar-refractivity contribution in [1.82, 2.24) is 4.98 Å². The second-order valence-corrected chi connectivity index (χ2v) is 2.78. The van der Waals surface area contributed by atoms with Gasteiger partial charge in [0.05, 0.1) is 11.3 Å². The van der Waals surface area contributed by atoms with Crippen molar-refractivity contribution in [3.8, 4) is 6.07 Å². The van der Waals surface area contributed by atoms with E-state index in [9.17, 15) is 8.78 Å². The number of aryl methyl sites for hydroxylation is 1. The van der Waals surface area contributed by atoms with Crippen LogP contribution in [0.4, 0.5) is 8.78 Å². The Kier molecular flexibility index (Phi) is 3.10. The van der Waals surface area contributed by atoms with Gasteiger partial charge in [0.25, 0.3) is 6.43 Å². The quantitative estimate of drug-likeness (QED) is 0.784. The summed E-state index contributed by atoms with van der Waals surface area (Å²) in [6.45, 7) is 1.58. The average Bonchev–Trinajstić information content (AvgIpc) is 2.16. The molecule has 0 radical (unpaired) electrons. The number of halogens is 2. The third-order valence-corrected chi connectivity index (χ3v) is 1.86. The molecule has 0 atom stereocenters. The molecular formula is C9H9F2N3. The molecule has 0 amide bonds. The molecule has 0 fully saturated rings. The van der Waals surface area contributed by atoms with Gasteiger partial charge < -0.3 is 5.73 Å². The molecule has 1 aromatic rings. The molecule has 14 heavy (non-hydrogen) atoms. The molecule has 74 valence electrons. The van der Waals surface area contributed by atoms with E-state index in [2.05, 4.69) is 4.98 Å². The zero-order valence-corrected chi connectivity index (χ0v) is 7.59. The highest BCUT2D eigenvalue weighted by Crippen LogP contribution is 2.21. The average molecular weight is 197 g/mol. The predicted octanol–water partition coefficient (Wildman–Crippen LogP) is 1.66. The molecule has 3 nitrogen and oxygen atoms in total. The van der Waals surface area contributed by atoms with Crippen molar-refractivity contribution in [3.63, 3.8) is 0 Å². The van der Waals surface area contributed by atoms with Crippen LogP contribution in [0.2, 0.25) is 0 Å². The second-order valence-electron chi connectivity index (χ2n) is 2.78. The van der Waals surface area contributed by atoms with Gasteiger partial charge in [-0.1, -0.05) is 0 Å². The lowest BCUT2D eigenvalue weighted by molar-refractivity contribution is 0.145. The molecule has 0 aliphatic rings. The number of nitrogens with two attached hydrogens (primary N) is 1. The van der Waals surface area contributed by atoms with Gasteiger partial charge in [0, 0.05) is 6.54 Å². The number of hydrogen-bond donors (Lipinski definition) is 1. The lowest BCUT2D eigenvalue weighted by atomic mass is 10.1. The topological polar surface area (TPSA) is 62.7 Å². The highest BCUT2D eigenvalue weighted by atomic mass is 19.3. The summed E-state index contributed by atoms with van der Waals surface area (Å²) in [5.41, 5.74) is 6.01. The van der Waals surface area contributed by atoms with Crippen LogP contribution in [0.15, 0.2) is 6.07 Å². The molecule has 0 aliphatic heterocycles. The first kappa shape index (κ1) is 10.5. The molecule has 0 saturated carbocycles. The molecule has 1 heterocycles. The van der Waals surface area contributed by atoms with E-state index in [1.165, 1.54) is 13.0 Å². The third-order valence-electron chi connectivity index (χ3n) is 1.86. The summed E-state index contributed by atoms with van der Waals surface area (Å²) < 4.78 is 24.6. The first-order chi connectivity index (χ1) is 6.60. The van der Waals surface area contributed by atoms with Crippen molar-refractivity contribution < 1.29 is 8.78 Å². The van der Waals surface area contributed by atoms with Crippen LogP contribution < -0.4 is 5.73 Å². The molecule has 5 heteroatoms. The van der Waals surface area contributed by atoms with Crippen molar-refractivity contribution in [3.05, 3.63) is 28.6 Å². The molecule has 0 bridgehead atoms. The van der Waals surface area contributed by atoms with Crippen molar-refractivity contribution in [2.75, 3.05) is 0 Å². The van der Waals surface area contributed by atoms with E-state index in [1.54, 1.807) is 0 Å². The maximum atomic E-state index is 12.3. The van der Waals surface area contributed by atoms with Crippen LogP contribution in [0.3, 0.4) is 0 Å². The highest BCUT2D eigenvalue weighted by Gasteiger charge is 2.14. The van der Waals surface area contributed by atoms with Crippen LogP contribution in [0.25, 0.3) is 0 Å². The van der Waals surface area contributed by atoms with Crippen LogP contribution in [0.5, 0.6) is 0 Å². The second kappa shape index (κ2) is 4.11. The summed E-state index contributed by atoms with van der Waals surface area (Å²) in [6.07, 6.45) is -2.63. The van der Waals surface area contributed by atoms with E-state index in [0.717, 1.165) is 0 Å². The minimum atomic E-state index is -2.63. The van der Waals surface area contributed by atoms with Gasteiger partial charge in [-0.25, -0.2) is 8.78 Å².